The molecule has 0 saturated carbocycles. The number of nitrogens with zero attached hydrogens (tertiary/aromatic N) is 2. The highest BCUT2D eigenvalue weighted by molar-refractivity contribution is 14.0. The lowest BCUT2D eigenvalue weighted by atomic mass is 10.4. The summed E-state index contributed by atoms with van der Waals surface area (Å²) in [6.07, 6.45) is 3.98. The Morgan fingerprint density at radius 1 is 1.21 bits per heavy atom. The lowest BCUT2D eigenvalue weighted by Gasteiger charge is -2.11. The molecular formula is C17H25IN4S2. The largest absolute Gasteiger partial charge is 0.356 e. The topological polar surface area (TPSA) is 49.3 Å². The Labute approximate surface area is 170 Å². The van der Waals surface area contributed by atoms with Crippen LogP contribution in [0.15, 0.2) is 46.4 Å². The summed E-state index contributed by atoms with van der Waals surface area (Å²) < 4.78 is 0. The number of halogens is 1. The predicted octanol–water partition coefficient (Wildman–Crippen LogP) is 3.82. The SMILES string of the molecule is CCc1cnc(CCNC(=NC)NCCSc2ccccc2)s1.I. The van der Waals surface area contributed by atoms with Gasteiger partial charge >= 0.3 is 0 Å². The molecule has 0 radical (unpaired) electrons. The number of thiazole rings is 1. The monoisotopic (exact) mass is 476 g/mol. The maximum atomic E-state index is 4.43. The van der Waals surface area contributed by atoms with Gasteiger partial charge in [-0.1, -0.05) is 25.1 Å². The standard InChI is InChI=1S/C17H24N4S2.HI/c1-3-14-13-21-16(23-14)9-10-19-17(18-2)20-11-12-22-15-7-5-4-6-8-15;/h4-8,13H,3,9-12H2,1-2H3,(H2,18,19,20);1H. The van der Waals surface area contributed by atoms with E-state index in [9.17, 15) is 0 Å². The second kappa shape index (κ2) is 12.5. The maximum absolute atomic E-state index is 4.43. The van der Waals surface area contributed by atoms with E-state index >= 15 is 0 Å². The van der Waals surface area contributed by atoms with Crippen LogP contribution in [0.25, 0.3) is 0 Å². The number of benzene rings is 1. The summed E-state index contributed by atoms with van der Waals surface area (Å²) in [5, 5.41) is 7.87. The molecule has 0 atom stereocenters. The van der Waals surface area contributed by atoms with Crippen LogP contribution in [-0.2, 0) is 12.8 Å². The molecular weight excluding hydrogens is 451 g/mol. The van der Waals surface area contributed by atoms with E-state index in [2.05, 4.69) is 51.8 Å². The molecule has 1 heterocycles. The fraction of sp³-hybridized carbons (Fsp3) is 0.412. The van der Waals surface area contributed by atoms with Crippen LogP contribution in [0.1, 0.15) is 16.8 Å². The number of aliphatic imine (C=N–C) groups is 1. The van der Waals surface area contributed by atoms with Crippen LogP contribution in [0.3, 0.4) is 0 Å². The predicted molar refractivity (Wildman–Crippen MR) is 117 cm³/mol. The van der Waals surface area contributed by atoms with Crippen molar-refractivity contribution in [1.82, 2.24) is 15.6 Å². The third-order valence-corrected chi connectivity index (χ3v) is 5.43. The third-order valence-electron chi connectivity index (χ3n) is 3.21. The minimum Gasteiger partial charge on any atom is -0.356 e. The van der Waals surface area contributed by atoms with Gasteiger partial charge in [-0.25, -0.2) is 4.98 Å². The number of guanidine groups is 1. The molecule has 4 nitrogen and oxygen atoms in total. The van der Waals surface area contributed by atoms with E-state index in [1.54, 1.807) is 18.4 Å². The van der Waals surface area contributed by atoms with E-state index in [-0.39, 0.29) is 24.0 Å². The maximum Gasteiger partial charge on any atom is 0.191 e. The minimum atomic E-state index is 0. The first-order chi connectivity index (χ1) is 11.3. The Morgan fingerprint density at radius 2 is 1.96 bits per heavy atom. The molecule has 1 aromatic heterocycles. The molecule has 2 aromatic rings. The summed E-state index contributed by atoms with van der Waals surface area (Å²) in [4.78, 5) is 11.3. The Hall–Kier alpha value is -0.800. The molecule has 0 bridgehead atoms. The summed E-state index contributed by atoms with van der Waals surface area (Å²) in [6, 6.07) is 10.4. The zero-order valence-electron chi connectivity index (χ0n) is 14.1. The highest BCUT2D eigenvalue weighted by Crippen LogP contribution is 2.15. The normalized spacial score (nSPS) is 11.0. The number of aromatic nitrogens is 1. The molecule has 1 aromatic carbocycles. The summed E-state index contributed by atoms with van der Waals surface area (Å²) >= 11 is 3.64. The highest BCUT2D eigenvalue weighted by Gasteiger charge is 2.02. The van der Waals surface area contributed by atoms with Gasteiger partial charge in [-0.3, -0.25) is 4.99 Å². The van der Waals surface area contributed by atoms with Gasteiger partial charge < -0.3 is 10.6 Å². The van der Waals surface area contributed by atoms with Gasteiger partial charge in [0.2, 0.25) is 0 Å². The number of nitrogens with one attached hydrogen (secondary N) is 2. The van der Waals surface area contributed by atoms with Crippen LogP contribution in [0.5, 0.6) is 0 Å². The summed E-state index contributed by atoms with van der Waals surface area (Å²) in [7, 11) is 1.80. The second-order valence-electron chi connectivity index (χ2n) is 4.91. The van der Waals surface area contributed by atoms with Crippen molar-refractivity contribution in [2.75, 3.05) is 25.9 Å². The van der Waals surface area contributed by atoms with Gasteiger partial charge in [0.25, 0.3) is 0 Å². The van der Waals surface area contributed by atoms with Gasteiger partial charge in [0.15, 0.2) is 5.96 Å². The van der Waals surface area contributed by atoms with E-state index in [1.807, 2.05) is 24.0 Å². The first kappa shape index (κ1) is 21.2. The van der Waals surface area contributed by atoms with Crippen molar-refractivity contribution in [2.24, 2.45) is 4.99 Å². The zero-order chi connectivity index (χ0) is 16.3. The Kier molecular flexibility index (Phi) is 11.1. The van der Waals surface area contributed by atoms with Gasteiger partial charge in [-0.2, -0.15) is 0 Å². The van der Waals surface area contributed by atoms with Crippen molar-refractivity contribution < 1.29 is 0 Å². The van der Waals surface area contributed by atoms with E-state index in [1.165, 1.54) is 14.8 Å². The van der Waals surface area contributed by atoms with Crippen LogP contribution in [0.2, 0.25) is 0 Å². The molecule has 0 aliphatic rings. The van der Waals surface area contributed by atoms with Gasteiger partial charge in [-0.05, 0) is 18.6 Å². The van der Waals surface area contributed by atoms with Crippen LogP contribution < -0.4 is 10.6 Å². The quantitative estimate of drug-likeness (QED) is 0.200. The lowest BCUT2D eigenvalue weighted by molar-refractivity contribution is 0.808. The number of rotatable bonds is 8. The highest BCUT2D eigenvalue weighted by atomic mass is 127. The number of hydrogen-bond acceptors (Lipinski definition) is 4. The van der Waals surface area contributed by atoms with Crippen molar-refractivity contribution in [2.45, 2.75) is 24.7 Å². The zero-order valence-corrected chi connectivity index (χ0v) is 18.1. The van der Waals surface area contributed by atoms with Crippen LogP contribution in [0, 0.1) is 0 Å². The minimum absolute atomic E-state index is 0. The van der Waals surface area contributed by atoms with E-state index in [0.29, 0.717) is 0 Å². The van der Waals surface area contributed by atoms with Crippen molar-refractivity contribution in [3.05, 3.63) is 46.4 Å². The molecule has 0 saturated heterocycles. The Bertz CT molecular complexity index is 602. The lowest BCUT2D eigenvalue weighted by Crippen LogP contribution is -2.39. The molecule has 132 valence electrons. The van der Waals surface area contributed by atoms with E-state index < -0.39 is 0 Å². The van der Waals surface area contributed by atoms with Crippen molar-refractivity contribution in [3.8, 4) is 0 Å². The first-order valence-electron chi connectivity index (χ1n) is 7.87. The summed E-state index contributed by atoms with van der Waals surface area (Å²) in [5.41, 5.74) is 0. The van der Waals surface area contributed by atoms with Crippen LogP contribution >= 0.6 is 47.1 Å². The average molecular weight is 476 g/mol. The van der Waals surface area contributed by atoms with E-state index in [4.69, 9.17) is 0 Å². The average Bonchev–Trinajstić information content (AvgIpc) is 3.06. The summed E-state index contributed by atoms with van der Waals surface area (Å²) in [5.74, 6) is 1.86. The Balaban J connectivity index is 0.00000288. The number of hydrogen-bond donors (Lipinski definition) is 2. The molecule has 0 aliphatic heterocycles. The molecule has 0 amide bonds. The molecule has 24 heavy (non-hydrogen) atoms. The Morgan fingerprint density at radius 3 is 2.62 bits per heavy atom. The number of aryl methyl sites for hydroxylation is 1. The fourth-order valence-corrected chi connectivity index (χ4v) is 3.64. The van der Waals surface area contributed by atoms with Crippen molar-refractivity contribution in [3.63, 3.8) is 0 Å². The molecule has 2 N–H and O–H groups in total. The molecule has 7 heteroatoms. The van der Waals surface area contributed by atoms with E-state index in [0.717, 1.165) is 37.6 Å². The van der Waals surface area contributed by atoms with Crippen LogP contribution in [0.4, 0.5) is 0 Å². The second-order valence-corrected chi connectivity index (χ2v) is 7.28. The molecule has 0 aliphatic carbocycles. The smallest absolute Gasteiger partial charge is 0.191 e. The molecule has 0 spiro atoms. The number of thioether (sulfide) groups is 1. The van der Waals surface area contributed by atoms with Gasteiger partial charge in [-0.15, -0.1) is 47.1 Å². The van der Waals surface area contributed by atoms with Gasteiger partial charge in [0.05, 0.1) is 5.01 Å². The fourth-order valence-electron chi connectivity index (χ4n) is 1.99. The molecule has 2 rings (SSSR count). The first-order valence-corrected chi connectivity index (χ1v) is 9.68. The van der Waals surface area contributed by atoms with Gasteiger partial charge in [0.1, 0.15) is 0 Å². The summed E-state index contributed by atoms with van der Waals surface area (Å²) in [6.45, 7) is 3.90. The molecule has 0 fully saturated rings. The molecule has 0 unspecified atom stereocenters. The van der Waals surface area contributed by atoms with Crippen LogP contribution in [-0.4, -0.2) is 36.8 Å². The van der Waals surface area contributed by atoms with Crippen molar-refractivity contribution >= 4 is 53.0 Å². The van der Waals surface area contributed by atoms with Crippen molar-refractivity contribution in [1.29, 1.82) is 0 Å². The van der Waals surface area contributed by atoms with Gasteiger partial charge in [0, 0.05) is 48.3 Å². The third kappa shape index (κ3) is 7.85.